The Hall–Kier alpha value is -2.50. The monoisotopic (exact) mass is 558 g/mol. The van der Waals surface area contributed by atoms with Gasteiger partial charge in [0, 0.05) is 43.7 Å². The van der Waals surface area contributed by atoms with Crippen LogP contribution in [0.15, 0.2) is 64.7 Å². The topological polar surface area (TPSA) is 89.8 Å². The molecule has 2 saturated heterocycles. The molecule has 0 spiro atoms. The highest BCUT2D eigenvalue weighted by Gasteiger charge is 2.34. The molecular formula is C27H35ClN6O3S. The van der Waals surface area contributed by atoms with Crippen molar-refractivity contribution < 1.29 is 13.2 Å². The fraction of sp³-hybridized carbons (Fsp3) is 0.481. The first-order chi connectivity index (χ1) is 18.5. The maximum absolute atomic E-state index is 13.4. The van der Waals surface area contributed by atoms with E-state index in [1.54, 1.807) is 5.01 Å². The molecule has 1 unspecified atom stereocenters. The molecule has 1 atom stereocenters. The second-order valence-electron chi connectivity index (χ2n) is 9.76. The van der Waals surface area contributed by atoms with Crippen LogP contribution in [0.1, 0.15) is 36.3 Å². The van der Waals surface area contributed by atoms with Gasteiger partial charge in [-0.1, -0.05) is 60.5 Å². The third-order valence-corrected chi connectivity index (χ3v) is 8.89. The molecule has 3 aliphatic heterocycles. The number of hydrogen-bond acceptors (Lipinski definition) is 6. The smallest absolute Gasteiger partial charge is 0.303 e. The minimum atomic E-state index is -3.75. The van der Waals surface area contributed by atoms with E-state index in [1.807, 2.05) is 42.5 Å². The number of aliphatic imine (C=N–C) groups is 1. The van der Waals surface area contributed by atoms with Crippen molar-refractivity contribution in [1.29, 1.82) is 0 Å². The fourth-order valence-electron chi connectivity index (χ4n) is 5.04. The summed E-state index contributed by atoms with van der Waals surface area (Å²) in [5.74, 6) is 0.204. The number of halogens is 1. The first-order valence-corrected chi connectivity index (χ1v) is 15.1. The molecule has 3 heterocycles. The standard InChI is InChI=1S/C27H35ClN6O3S/c28-24-11-9-23(10-12-24)26-25(22-7-3-1-4-8-22)21-34(30-26)27(29-13-16-32-17-19-37-20-18-32)31-38(35,36)33-14-5-2-6-15-33/h1,3-4,7-12,25H,2,5-6,13-21H2,(H,29,31). The van der Waals surface area contributed by atoms with Gasteiger partial charge in [-0.3, -0.25) is 4.90 Å². The van der Waals surface area contributed by atoms with Crippen LogP contribution in [0.25, 0.3) is 0 Å². The number of guanidine groups is 1. The van der Waals surface area contributed by atoms with Crippen LogP contribution in [-0.4, -0.2) is 93.3 Å². The van der Waals surface area contributed by atoms with Crippen LogP contribution in [0, 0.1) is 0 Å². The predicted molar refractivity (Wildman–Crippen MR) is 151 cm³/mol. The lowest BCUT2D eigenvalue weighted by molar-refractivity contribution is 0.0394. The summed E-state index contributed by atoms with van der Waals surface area (Å²) in [5, 5.41) is 7.30. The zero-order valence-corrected chi connectivity index (χ0v) is 23.1. The summed E-state index contributed by atoms with van der Waals surface area (Å²) in [6, 6.07) is 17.8. The van der Waals surface area contributed by atoms with Gasteiger partial charge in [-0.2, -0.15) is 17.8 Å². The number of hydrogen-bond donors (Lipinski definition) is 1. The van der Waals surface area contributed by atoms with Gasteiger partial charge in [-0.05, 0) is 36.1 Å². The van der Waals surface area contributed by atoms with Crippen molar-refractivity contribution in [3.63, 3.8) is 0 Å². The molecule has 5 rings (SSSR count). The van der Waals surface area contributed by atoms with E-state index < -0.39 is 10.2 Å². The molecule has 9 nitrogen and oxygen atoms in total. The van der Waals surface area contributed by atoms with Crippen molar-refractivity contribution in [2.24, 2.45) is 10.1 Å². The van der Waals surface area contributed by atoms with Crippen LogP contribution in [0.2, 0.25) is 5.02 Å². The summed E-state index contributed by atoms with van der Waals surface area (Å²) < 4.78 is 36.5. The molecule has 38 heavy (non-hydrogen) atoms. The lowest BCUT2D eigenvalue weighted by Crippen LogP contribution is -2.49. The molecule has 0 aliphatic carbocycles. The number of morpholine rings is 1. The number of rotatable bonds is 7. The minimum Gasteiger partial charge on any atom is -0.379 e. The number of nitrogens with one attached hydrogen (secondary N) is 1. The van der Waals surface area contributed by atoms with Crippen LogP contribution in [0.3, 0.4) is 0 Å². The zero-order chi connectivity index (χ0) is 26.4. The van der Waals surface area contributed by atoms with E-state index in [4.69, 9.17) is 26.4 Å². The lowest BCUT2D eigenvalue weighted by atomic mass is 9.91. The van der Waals surface area contributed by atoms with Gasteiger partial charge in [-0.15, -0.1) is 0 Å². The third-order valence-electron chi connectivity index (χ3n) is 7.16. The Bertz CT molecular complexity index is 1230. The molecule has 3 aliphatic rings. The first kappa shape index (κ1) is 27.1. The van der Waals surface area contributed by atoms with Gasteiger partial charge in [0.25, 0.3) is 0 Å². The molecule has 1 N–H and O–H groups in total. The average molecular weight is 559 g/mol. The maximum atomic E-state index is 13.4. The molecule has 11 heteroatoms. The highest BCUT2D eigenvalue weighted by molar-refractivity contribution is 7.87. The van der Waals surface area contributed by atoms with Crippen LogP contribution in [0.5, 0.6) is 0 Å². The Labute approximate surface area is 230 Å². The van der Waals surface area contributed by atoms with Gasteiger partial charge in [0.2, 0.25) is 5.96 Å². The van der Waals surface area contributed by atoms with Crippen LogP contribution in [0.4, 0.5) is 0 Å². The van der Waals surface area contributed by atoms with E-state index in [0.717, 1.165) is 55.7 Å². The second-order valence-corrected chi connectivity index (χ2v) is 11.9. The van der Waals surface area contributed by atoms with Gasteiger partial charge in [0.1, 0.15) is 0 Å². The highest BCUT2D eigenvalue weighted by atomic mass is 35.5. The Morgan fingerprint density at radius 1 is 1.00 bits per heavy atom. The van der Waals surface area contributed by atoms with Gasteiger partial charge in [0.05, 0.1) is 32.0 Å². The molecule has 2 aromatic carbocycles. The normalized spacial score (nSPS) is 21.9. The molecule has 2 aromatic rings. The van der Waals surface area contributed by atoms with Gasteiger partial charge < -0.3 is 4.74 Å². The average Bonchev–Trinajstić information content (AvgIpc) is 3.40. The van der Waals surface area contributed by atoms with E-state index in [0.29, 0.717) is 44.4 Å². The number of ether oxygens (including phenoxy) is 1. The largest absolute Gasteiger partial charge is 0.379 e. The van der Waals surface area contributed by atoms with Gasteiger partial charge in [-0.25, -0.2) is 14.7 Å². The minimum absolute atomic E-state index is 0.0543. The number of piperidine rings is 1. The summed E-state index contributed by atoms with van der Waals surface area (Å²) in [5.41, 5.74) is 2.90. The summed E-state index contributed by atoms with van der Waals surface area (Å²) in [4.78, 5) is 7.05. The van der Waals surface area contributed by atoms with Crippen LogP contribution in [-0.2, 0) is 14.9 Å². The Morgan fingerprint density at radius 3 is 2.42 bits per heavy atom. The zero-order valence-electron chi connectivity index (χ0n) is 21.5. The molecule has 0 bridgehead atoms. The van der Waals surface area contributed by atoms with Crippen LogP contribution >= 0.6 is 11.6 Å². The van der Waals surface area contributed by atoms with Crippen molar-refractivity contribution in [2.75, 3.05) is 59.0 Å². The SMILES string of the molecule is O=S(=O)(NC(=NCCN1CCOCC1)N1CC(c2ccccc2)C(c2ccc(Cl)cc2)=N1)N1CCCCC1. The predicted octanol–water partition coefficient (Wildman–Crippen LogP) is 3.15. The third kappa shape index (κ3) is 6.73. The first-order valence-electron chi connectivity index (χ1n) is 13.3. The highest BCUT2D eigenvalue weighted by Crippen LogP contribution is 2.29. The maximum Gasteiger partial charge on any atom is 0.303 e. The molecular weight excluding hydrogens is 524 g/mol. The lowest BCUT2D eigenvalue weighted by Gasteiger charge is -2.28. The van der Waals surface area contributed by atoms with Gasteiger partial charge >= 0.3 is 10.2 Å². The van der Waals surface area contributed by atoms with Crippen molar-refractivity contribution in [3.8, 4) is 0 Å². The van der Waals surface area contributed by atoms with E-state index in [1.165, 1.54) is 4.31 Å². The molecule has 0 amide bonds. The van der Waals surface area contributed by atoms with Crippen LogP contribution < -0.4 is 4.72 Å². The van der Waals surface area contributed by atoms with Crippen molar-refractivity contribution >= 4 is 33.5 Å². The van der Waals surface area contributed by atoms with E-state index in [-0.39, 0.29) is 11.9 Å². The summed E-state index contributed by atoms with van der Waals surface area (Å²) in [6.45, 7) is 5.80. The molecule has 2 fully saturated rings. The molecule has 0 saturated carbocycles. The summed E-state index contributed by atoms with van der Waals surface area (Å²) in [6.07, 6.45) is 2.78. The summed E-state index contributed by atoms with van der Waals surface area (Å²) >= 11 is 6.16. The Kier molecular flexibility index (Phi) is 8.96. The Morgan fingerprint density at radius 2 is 1.71 bits per heavy atom. The van der Waals surface area contributed by atoms with E-state index >= 15 is 0 Å². The quantitative estimate of drug-likeness (QED) is 0.416. The number of nitrogens with zero attached hydrogens (tertiary/aromatic N) is 5. The fourth-order valence-corrected chi connectivity index (χ4v) is 6.43. The Balaban J connectivity index is 1.44. The second kappa shape index (κ2) is 12.6. The summed E-state index contributed by atoms with van der Waals surface area (Å²) in [7, 11) is -3.75. The van der Waals surface area contributed by atoms with E-state index in [2.05, 4.69) is 21.8 Å². The molecule has 0 aromatic heterocycles. The van der Waals surface area contributed by atoms with Crippen molar-refractivity contribution in [1.82, 2.24) is 18.9 Å². The number of benzene rings is 2. The van der Waals surface area contributed by atoms with Crippen molar-refractivity contribution in [2.45, 2.75) is 25.2 Å². The van der Waals surface area contributed by atoms with Gasteiger partial charge in [0.15, 0.2) is 0 Å². The molecule has 0 radical (unpaired) electrons. The van der Waals surface area contributed by atoms with E-state index in [9.17, 15) is 8.42 Å². The van der Waals surface area contributed by atoms with Crippen molar-refractivity contribution in [3.05, 3.63) is 70.7 Å². The number of hydrazone groups is 1. The molecule has 204 valence electrons.